The molecule has 1 atom stereocenters. The van der Waals surface area contributed by atoms with Crippen molar-refractivity contribution in [2.75, 3.05) is 0 Å². The Labute approximate surface area is 127 Å². The lowest BCUT2D eigenvalue weighted by molar-refractivity contribution is -0.123. The van der Waals surface area contributed by atoms with E-state index in [0.29, 0.717) is 16.7 Å². The molecule has 1 aromatic carbocycles. The third kappa shape index (κ3) is 3.08. The van der Waals surface area contributed by atoms with E-state index in [4.69, 9.17) is 16.1 Å². The molecule has 110 valence electrons. The van der Waals surface area contributed by atoms with Crippen LogP contribution in [-0.4, -0.2) is 16.0 Å². The Bertz CT molecular complexity index is 679. The Balaban J connectivity index is 1.75. The fraction of sp³-hybridized carbons (Fsp3) is 0.400. The fourth-order valence-electron chi connectivity index (χ4n) is 2.00. The van der Waals surface area contributed by atoms with E-state index >= 15 is 0 Å². The van der Waals surface area contributed by atoms with E-state index in [1.165, 1.54) is 0 Å². The van der Waals surface area contributed by atoms with Crippen LogP contribution in [0.15, 0.2) is 22.7 Å². The van der Waals surface area contributed by atoms with Crippen LogP contribution in [0.2, 0.25) is 5.02 Å². The molecule has 1 aromatic heterocycles. The van der Waals surface area contributed by atoms with E-state index in [2.05, 4.69) is 15.5 Å². The molecule has 2 aromatic rings. The summed E-state index contributed by atoms with van der Waals surface area (Å²) in [5, 5.41) is 7.49. The molecule has 1 heterocycles. The van der Waals surface area contributed by atoms with Crippen LogP contribution in [0.1, 0.15) is 37.3 Å². The molecule has 1 N–H and O–H groups in total. The minimum atomic E-state index is -0.291. The molecular formula is C15H16ClN3O2. The topological polar surface area (TPSA) is 68.0 Å². The maximum absolute atomic E-state index is 11.7. The summed E-state index contributed by atoms with van der Waals surface area (Å²) in [5.41, 5.74) is 1.79. The zero-order valence-corrected chi connectivity index (χ0v) is 12.6. The normalized spacial score (nSPS) is 15.8. The Morgan fingerprint density at radius 2 is 2.24 bits per heavy atom. The van der Waals surface area contributed by atoms with Crippen molar-refractivity contribution in [1.29, 1.82) is 0 Å². The Morgan fingerprint density at radius 3 is 2.90 bits per heavy atom. The van der Waals surface area contributed by atoms with E-state index in [1.54, 1.807) is 6.07 Å². The van der Waals surface area contributed by atoms with Crippen LogP contribution >= 0.6 is 11.6 Å². The number of aryl methyl sites for hydroxylation is 1. The minimum Gasteiger partial charge on any atom is -0.344 e. The summed E-state index contributed by atoms with van der Waals surface area (Å²) in [6, 6.07) is 5.31. The van der Waals surface area contributed by atoms with E-state index < -0.39 is 0 Å². The zero-order valence-electron chi connectivity index (χ0n) is 11.9. The summed E-state index contributed by atoms with van der Waals surface area (Å²) in [6.07, 6.45) is 1.94. The molecule has 1 saturated carbocycles. The first-order chi connectivity index (χ1) is 10.0. The number of nitrogens with one attached hydrogen (secondary N) is 1. The van der Waals surface area contributed by atoms with Gasteiger partial charge in [-0.2, -0.15) is 4.98 Å². The predicted molar refractivity (Wildman–Crippen MR) is 78.8 cm³/mol. The highest BCUT2D eigenvalue weighted by Gasteiger charge is 2.31. The van der Waals surface area contributed by atoms with Crippen LogP contribution in [0, 0.1) is 12.8 Å². The van der Waals surface area contributed by atoms with Gasteiger partial charge in [0.25, 0.3) is 0 Å². The molecule has 0 bridgehead atoms. The Kier molecular flexibility index (Phi) is 3.68. The first-order valence-electron chi connectivity index (χ1n) is 6.95. The summed E-state index contributed by atoms with van der Waals surface area (Å²) < 4.78 is 5.23. The summed E-state index contributed by atoms with van der Waals surface area (Å²) in [7, 11) is 0. The average Bonchev–Trinajstić information content (AvgIpc) is 3.19. The van der Waals surface area contributed by atoms with Crippen LogP contribution in [0.3, 0.4) is 0 Å². The van der Waals surface area contributed by atoms with Crippen molar-refractivity contribution in [2.24, 2.45) is 5.92 Å². The van der Waals surface area contributed by atoms with Gasteiger partial charge in [-0.05, 0) is 38.3 Å². The van der Waals surface area contributed by atoms with Crippen LogP contribution in [-0.2, 0) is 4.79 Å². The van der Waals surface area contributed by atoms with Gasteiger partial charge in [0, 0.05) is 16.5 Å². The number of halogens is 1. The first kappa shape index (κ1) is 14.1. The number of amides is 1. The number of hydrogen-bond donors (Lipinski definition) is 1. The molecule has 0 spiro atoms. The van der Waals surface area contributed by atoms with Crippen LogP contribution < -0.4 is 5.32 Å². The number of carbonyl (C=O) groups excluding carboxylic acids is 1. The van der Waals surface area contributed by atoms with Crippen molar-refractivity contribution in [1.82, 2.24) is 15.5 Å². The smallest absolute Gasteiger partial charge is 0.249 e. The average molecular weight is 306 g/mol. The molecule has 0 unspecified atom stereocenters. The third-order valence-corrected chi connectivity index (χ3v) is 3.96. The molecular weight excluding hydrogens is 290 g/mol. The maximum Gasteiger partial charge on any atom is 0.249 e. The van der Waals surface area contributed by atoms with Gasteiger partial charge in [0.1, 0.15) is 6.04 Å². The van der Waals surface area contributed by atoms with E-state index in [9.17, 15) is 4.79 Å². The number of benzene rings is 1. The second-order valence-corrected chi connectivity index (χ2v) is 5.83. The van der Waals surface area contributed by atoms with Crippen molar-refractivity contribution in [3.05, 3.63) is 34.7 Å². The lowest BCUT2D eigenvalue weighted by atomic mass is 10.1. The van der Waals surface area contributed by atoms with Crippen molar-refractivity contribution in [3.8, 4) is 11.4 Å². The van der Waals surface area contributed by atoms with E-state index in [-0.39, 0.29) is 17.9 Å². The number of hydrogen-bond acceptors (Lipinski definition) is 4. The number of aromatic nitrogens is 2. The standard InChI is InChI=1S/C15H16ClN3O2/c1-8-3-4-11(7-12(8)16)13-18-15(21-19-13)9(2)17-14(20)10-5-6-10/h3-4,7,9-10H,5-6H2,1-2H3,(H,17,20)/t9-/m1/s1. The van der Waals surface area contributed by atoms with Crippen molar-refractivity contribution < 1.29 is 9.32 Å². The summed E-state index contributed by atoms with van der Waals surface area (Å²) in [5.74, 6) is 1.08. The monoisotopic (exact) mass is 305 g/mol. The first-order valence-corrected chi connectivity index (χ1v) is 7.33. The Morgan fingerprint density at radius 1 is 1.48 bits per heavy atom. The van der Waals surface area contributed by atoms with Gasteiger partial charge in [0.05, 0.1) is 0 Å². The summed E-state index contributed by atoms with van der Waals surface area (Å²) >= 11 is 6.10. The van der Waals surface area contributed by atoms with Gasteiger partial charge in [-0.15, -0.1) is 0 Å². The minimum absolute atomic E-state index is 0.0561. The van der Waals surface area contributed by atoms with E-state index in [1.807, 2.05) is 26.0 Å². The second kappa shape index (κ2) is 5.48. The van der Waals surface area contributed by atoms with Crippen LogP contribution in [0.25, 0.3) is 11.4 Å². The third-order valence-electron chi connectivity index (χ3n) is 3.55. The fourth-order valence-corrected chi connectivity index (χ4v) is 2.18. The molecule has 1 amide bonds. The van der Waals surface area contributed by atoms with Gasteiger partial charge in [0.2, 0.25) is 17.6 Å². The quantitative estimate of drug-likeness (QED) is 0.941. The van der Waals surface area contributed by atoms with Gasteiger partial charge < -0.3 is 9.84 Å². The lowest BCUT2D eigenvalue weighted by Crippen LogP contribution is -2.28. The number of carbonyl (C=O) groups is 1. The highest BCUT2D eigenvalue weighted by atomic mass is 35.5. The van der Waals surface area contributed by atoms with Gasteiger partial charge in [-0.25, -0.2) is 0 Å². The van der Waals surface area contributed by atoms with Gasteiger partial charge in [-0.3, -0.25) is 4.79 Å². The molecule has 1 aliphatic rings. The molecule has 0 aliphatic heterocycles. The van der Waals surface area contributed by atoms with Crippen molar-refractivity contribution in [2.45, 2.75) is 32.7 Å². The van der Waals surface area contributed by atoms with Gasteiger partial charge >= 0.3 is 0 Å². The van der Waals surface area contributed by atoms with Gasteiger partial charge in [0.15, 0.2) is 0 Å². The largest absolute Gasteiger partial charge is 0.344 e. The molecule has 0 radical (unpaired) electrons. The lowest BCUT2D eigenvalue weighted by Gasteiger charge is -2.08. The number of nitrogens with zero attached hydrogens (tertiary/aromatic N) is 2. The SMILES string of the molecule is Cc1ccc(-c2noc([C@@H](C)NC(=O)C3CC3)n2)cc1Cl. The predicted octanol–water partition coefficient (Wildman–Crippen LogP) is 3.29. The van der Waals surface area contributed by atoms with Crippen LogP contribution in [0.5, 0.6) is 0 Å². The summed E-state index contributed by atoms with van der Waals surface area (Å²) in [4.78, 5) is 16.1. The highest BCUT2D eigenvalue weighted by Crippen LogP contribution is 2.30. The second-order valence-electron chi connectivity index (χ2n) is 5.42. The zero-order chi connectivity index (χ0) is 15.0. The molecule has 5 nitrogen and oxygen atoms in total. The summed E-state index contributed by atoms with van der Waals surface area (Å²) in [6.45, 7) is 3.77. The van der Waals surface area contributed by atoms with Crippen molar-refractivity contribution >= 4 is 17.5 Å². The molecule has 21 heavy (non-hydrogen) atoms. The van der Waals surface area contributed by atoms with E-state index in [0.717, 1.165) is 24.0 Å². The maximum atomic E-state index is 11.7. The molecule has 6 heteroatoms. The molecule has 1 fully saturated rings. The molecule has 0 saturated heterocycles. The highest BCUT2D eigenvalue weighted by molar-refractivity contribution is 6.31. The molecule has 3 rings (SSSR count). The Hall–Kier alpha value is -1.88. The molecule has 1 aliphatic carbocycles. The van der Waals surface area contributed by atoms with Crippen LogP contribution in [0.4, 0.5) is 0 Å². The number of rotatable bonds is 4. The van der Waals surface area contributed by atoms with Crippen molar-refractivity contribution in [3.63, 3.8) is 0 Å². The van der Waals surface area contributed by atoms with Gasteiger partial charge in [-0.1, -0.05) is 28.9 Å².